The Bertz CT molecular complexity index is 270. The van der Waals surface area contributed by atoms with E-state index in [-0.39, 0.29) is 36.5 Å². The van der Waals surface area contributed by atoms with Crippen LogP contribution in [0.2, 0.25) is 0 Å². The summed E-state index contributed by atoms with van der Waals surface area (Å²) >= 11 is 0. The number of carbonyl (C=O) groups excluding carboxylic acids is 2. The van der Waals surface area contributed by atoms with E-state index in [0.717, 1.165) is 0 Å². The van der Waals surface area contributed by atoms with Crippen molar-refractivity contribution in [1.29, 1.82) is 0 Å². The fourth-order valence-electron chi connectivity index (χ4n) is 1.68. The summed E-state index contributed by atoms with van der Waals surface area (Å²) in [5, 5.41) is 2.96. The first-order valence-corrected chi connectivity index (χ1v) is 5.53. The van der Waals surface area contributed by atoms with Crippen molar-refractivity contribution in [3.05, 3.63) is 0 Å². The molecule has 0 unspecified atom stereocenters. The van der Waals surface area contributed by atoms with Crippen molar-refractivity contribution in [1.82, 2.24) is 5.32 Å². The minimum atomic E-state index is -0.346. The van der Waals surface area contributed by atoms with Crippen LogP contribution in [0.5, 0.6) is 0 Å². The van der Waals surface area contributed by atoms with Crippen LogP contribution in [0.15, 0.2) is 0 Å². The zero-order chi connectivity index (χ0) is 12.1. The maximum atomic E-state index is 11.4. The summed E-state index contributed by atoms with van der Waals surface area (Å²) in [6.45, 7) is 4.44. The molecule has 5 nitrogen and oxygen atoms in total. The maximum absolute atomic E-state index is 11.4. The van der Waals surface area contributed by atoms with Crippen LogP contribution in [0.1, 0.15) is 26.7 Å². The lowest BCUT2D eigenvalue weighted by molar-refractivity contribution is -0.150. The monoisotopic (exact) mass is 265 g/mol. The van der Waals surface area contributed by atoms with Crippen LogP contribution in [-0.2, 0) is 19.1 Å². The molecular weight excluding hydrogens is 246 g/mol. The molecule has 0 aromatic carbocycles. The molecule has 1 heterocycles. The molecule has 1 aliphatic heterocycles. The summed E-state index contributed by atoms with van der Waals surface area (Å²) in [5.74, 6) is -0.215. The van der Waals surface area contributed by atoms with Gasteiger partial charge in [0.05, 0.1) is 7.11 Å². The van der Waals surface area contributed by atoms with Gasteiger partial charge in [-0.25, -0.2) is 0 Å². The second-order valence-electron chi connectivity index (χ2n) is 4.43. The summed E-state index contributed by atoms with van der Waals surface area (Å²) in [4.78, 5) is 22.6. The smallest absolute Gasteiger partial charge is 0.323 e. The van der Waals surface area contributed by atoms with E-state index >= 15 is 0 Å². The molecule has 17 heavy (non-hydrogen) atoms. The van der Waals surface area contributed by atoms with E-state index in [1.54, 1.807) is 0 Å². The molecule has 2 atom stereocenters. The molecule has 1 N–H and O–H groups in total. The van der Waals surface area contributed by atoms with Gasteiger partial charge in [-0.1, -0.05) is 13.8 Å². The summed E-state index contributed by atoms with van der Waals surface area (Å²) in [5.41, 5.74) is 0. The van der Waals surface area contributed by atoms with Gasteiger partial charge in [0.1, 0.15) is 12.1 Å². The van der Waals surface area contributed by atoms with Crippen molar-refractivity contribution in [3.8, 4) is 0 Å². The number of esters is 2. The molecule has 6 heteroatoms. The lowest BCUT2D eigenvalue weighted by Crippen LogP contribution is -2.31. The van der Waals surface area contributed by atoms with Crippen molar-refractivity contribution in [2.24, 2.45) is 5.92 Å². The first-order valence-electron chi connectivity index (χ1n) is 5.53. The SMILES string of the molecule is COC(=O)[C@@H]1C[C@H](OC(=O)CC(C)C)CN1.Cl. The van der Waals surface area contributed by atoms with Crippen molar-refractivity contribution in [3.63, 3.8) is 0 Å². The molecule has 1 fully saturated rings. The molecule has 0 bridgehead atoms. The van der Waals surface area contributed by atoms with Gasteiger partial charge in [-0.15, -0.1) is 12.4 Å². The Morgan fingerprint density at radius 2 is 2.06 bits per heavy atom. The fraction of sp³-hybridized carbons (Fsp3) is 0.818. The molecule has 0 aromatic heterocycles. The predicted octanol–water partition coefficient (Wildman–Crippen LogP) is 0.901. The Kier molecular flexibility index (Phi) is 7.15. The van der Waals surface area contributed by atoms with Gasteiger partial charge in [0.2, 0.25) is 0 Å². The average Bonchev–Trinajstić information content (AvgIpc) is 2.63. The van der Waals surface area contributed by atoms with Crippen LogP contribution < -0.4 is 5.32 Å². The van der Waals surface area contributed by atoms with Gasteiger partial charge in [0.15, 0.2) is 0 Å². The normalized spacial score (nSPS) is 23.1. The predicted molar refractivity (Wildman–Crippen MR) is 65.0 cm³/mol. The van der Waals surface area contributed by atoms with Gasteiger partial charge in [-0.3, -0.25) is 9.59 Å². The maximum Gasteiger partial charge on any atom is 0.323 e. The van der Waals surface area contributed by atoms with Crippen LogP contribution in [0, 0.1) is 5.92 Å². The van der Waals surface area contributed by atoms with Gasteiger partial charge in [-0.2, -0.15) is 0 Å². The number of hydrogen-bond acceptors (Lipinski definition) is 5. The average molecular weight is 266 g/mol. The molecule has 0 spiro atoms. The number of ether oxygens (including phenoxy) is 2. The minimum absolute atomic E-state index is 0. The van der Waals surface area contributed by atoms with Crippen LogP contribution in [0.25, 0.3) is 0 Å². The third-order valence-electron chi connectivity index (χ3n) is 2.45. The molecular formula is C11H20ClNO4. The quantitative estimate of drug-likeness (QED) is 0.765. The Morgan fingerprint density at radius 3 is 2.59 bits per heavy atom. The zero-order valence-corrected chi connectivity index (χ0v) is 11.2. The van der Waals surface area contributed by atoms with Crippen molar-refractivity contribution >= 4 is 24.3 Å². The lowest BCUT2D eigenvalue weighted by Gasteiger charge is -2.12. The number of nitrogens with one attached hydrogen (secondary N) is 1. The zero-order valence-electron chi connectivity index (χ0n) is 10.4. The third-order valence-corrected chi connectivity index (χ3v) is 2.45. The fourth-order valence-corrected chi connectivity index (χ4v) is 1.68. The number of hydrogen-bond donors (Lipinski definition) is 1. The highest BCUT2D eigenvalue weighted by Gasteiger charge is 2.32. The van der Waals surface area contributed by atoms with Crippen molar-refractivity contribution < 1.29 is 19.1 Å². The topological polar surface area (TPSA) is 64.6 Å². The lowest BCUT2D eigenvalue weighted by atomic mass is 10.1. The first-order chi connectivity index (χ1) is 7.52. The molecule has 0 saturated carbocycles. The number of rotatable bonds is 4. The molecule has 1 rings (SSSR count). The van der Waals surface area contributed by atoms with Gasteiger partial charge >= 0.3 is 11.9 Å². The third kappa shape index (κ3) is 5.37. The highest BCUT2D eigenvalue weighted by atomic mass is 35.5. The molecule has 0 amide bonds. The van der Waals surface area contributed by atoms with E-state index in [9.17, 15) is 9.59 Å². The Labute approximate surface area is 108 Å². The molecule has 100 valence electrons. The van der Waals surface area contributed by atoms with E-state index < -0.39 is 0 Å². The molecule has 0 aliphatic carbocycles. The van der Waals surface area contributed by atoms with E-state index in [1.165, 1.54) is 7.11 Å². The van der Waals surface area contributed by atoms with Crippen LogP contribution in [0.3, 0.4) is 0 Å². The second kappa shape index (κ2) is 7.50. The number of methoxy groups -OCH3 is 1. The van der Waals surface area contributed by atoms with Crippen LogP contribution >= 0.6 is 12.4 Å². The highest BCUT2D eigenvalue weighted by Crippen LogP contribution is 2.13. The van der Waals surface area contributed by atoms with E-state index in [0.29, 0.717) is 25.3 Å². The molecule has 1 saturated heterocycles. The Balaban J connectivity index is 0.00000256. The molecule has 0 aromatic rings. The standard InChI is InChI=1S/C11H19NO4.ClH/c1-7(2)4-10(13)16-8-5-9(12-6-8)11(14)15-3;/h7-9,12H,4-6H2,1-3H3;1H/t8-,9-;/m0./s1. The molecule has 1 aliphatic rings. The van der Waals surface area contributed by atoms with E-state index in [4.69, 9.17) is 4.74 Å². The largest absolute Gasteiger partial charge is 0.468 e. The van der Waals surface area contributed by atoms with Crippen LogP contribution in [0.4, 0.5) is 0 Å². The summed E-state index contributed by atoms with van der Waals surface area (Å²) in [6.07, 6.45) is 0.700. The van der Waals surface area contributed by atoms with Crippen molar-refractivity contribution in [2.75, 3.05) is 13.7 Å². The van der Waals surface area contributed by atoms with Gasteiger partial charge in [0, 0.05) is 19.4 Å². The Hall–Kier alpha value is -0.810. The summed E-state index contributed by atoms with van der Waals surface area (Å²) in [6, 6.07) is -0.346. The Morgan fingerprint density at radius 1 is 1.41 bits per heavy atom. The van der Waals surface area contributed by atoms with Crippen LogP contribution in [-0.4, -0.2) is 37.7 Å². The summed E-state index contributed by atoms with van der Waals surface area (Å²) in [7, 11) is 1.35. The number of halogens is 1. The van der Waals surface area contributed by atoms with Crippen molar-refractivity contribution in [2.45, 2.75) is 38.8 Å². The summed E-state index contributed by atoms with van der Waals surface area (Å²) < 4.78 is 9.85. The highest BCUT2D eigenvalue weighted by molar-refractivity contribution is 5.85. The second-order valence-corrected chi connectivity index (χ2v) is 4.43. The van der Waals surface area contributed by atoms with E-state index in [1.807, 2.05) is 13.8 Å². The van der Waals surface area contributed by atoms with E-state index in [2.05, 4.69) is 10.1 Å². The first kappa shape index (κ1) is 16.2. The number of carbonyl (C=O) groups is 2. The van der Waals surface area contributed by atoms with Gasteiger partial charge in [-0.05, 0) is 5.92 Å². The molecule has 0 radical (unpaired) electrons. The minimum Gasteiger partial charge on any atom is -0.468 e. The van der Waals surface area contributed by atoms with Gasteiger partial charge in [0.25, 0.3) is 0 Å². The van der Waals surface area contributed by atoms with Gasteiger partial charge < -0.3 is 14.8 Å².